The van der Waals surface area contributed by atoms with Gasteiger partial charge >= 0.3 is 0 Å². The highest BCUT2D eigenvalue weighted by Crippen LogP contribution is 2.40. The number of fused-ring (bicyclic) bond motifs is 1. The van der Waals surface area contributed by atoms with E-state index in [4.69, 9.17) is 4.74 Å². The second-order valence-corrected chi connectivity index (χ2v) is 6.33. The molecule has 1 aromatic carbocycles. The number of benzene rings is 1. The minimum atomic E-state index is 0.611. The van der Waals surface area contributed by atoms with Gasteiger partial charge in [-0.05, 0) is 62.1 Å². The Bertz CT molecular complexity index is 611. The van der Waals surface area contributed by atoms with Crippen LogP contribution in [0.15, 0.2) is 48.8 Å². The van der Waals surface area contributed by atoms with Gasteiger partial charge in [-0.25, -0.2) is 0 Å². The lowest BCUT2D eigenvalue weighted by Gasteiger charge is -2.34. The molecule has 3 heterocycles. The summed E-state index contributed by atoms with van der Waals surface area (Å²) in [6.07, 6.45) is 10.3. The Kier molecular flexibility index (Phi) is 3.81. The molecule has 22 heavy (non-hydrogen) atoms. The van der Waals surface area contributed by atoms with Crippen LogP contribution in [0.1, 0.15) is 43.7 Å². The number of pyridine rings is 1. The standard InChI is InChI=1S/C19H22N2O/c1-2-14-21-16(3-1)6-9-19(21)15-4-7-17(8-5-15)22-18-10-12-20-13-11-18/h4-5,7-8,10-13,16,19H,1-3,6,9,14H2/t16-,19+/m1/s1. The predicted octanol–water partition coefficient (Wildman–Crippen LogP) is 4.56. The summed E-state index contributed by atoms with van der Waals surface area (Å²) >= 11 is 0. The zero-order chi connectivity index (χ0) is 14.8. The molecule has 1 aromatic heterocycles. The average Bonchev–Trinajstić information content (AvgIpc) is 3.01. The van der Waals surface area contributed by atoms with Gasteiger partial charge in [0.25, 0.3) is 0 Å². The molecule has 3 heteroatoms. The third-order valence-electron chi connectivity index (χ3n) is 5.00. The van der Waals surface area contributed by atoms with Gasteiger partial charge in [0.15, 0.2) is 0 Å². The van der Waals surface area contributed by atoms with Crippen LogP contribution in [0, 0.1) is 0 Å². The van der Waals surface area contributed by atoms with Gasteiger partial charge in [0.2, 0.25) is 0 Å². The lowest BCUT2D eigenvalue weighted by molar-refractivity contribution is 0.150. The van der Waals surface area contributed by atoms with Crippen LogP contribution in [-0.2, 0) is 0 Å². The fourth-order valence-electron chi connectivity index (χ4n) is 3.92. The first kappa shape index (κ1) is 13.8. The lowest BCUT2D eigenvalue weighted by Crippen LogP contribution is -2.35. The molecule has 2 aliphatic heterocycles. The summed E-state index contributed by atoms with van der Waals surface area (Å²) in [6, 6.07) is 13.8. The van der Waals surface area contributed by atoms with Gasteiger partial charge in [-0.3, -0.25) is 9.88 Å². The lowest BCUT2D eigenvalue weighted by atomic mass is 10.0. The van der Waals surface area contributed by atoms with Crippen LogP contribution in [0.5, 0.6) is 11.5 Å². The molecule has 0 spiro atoms. The van der Waals surface area contributed by atoms with Crippen LogP contribution in [-0.4, -0.2) is 22.5 Å². The van der Waals surface area contributed by atoms with Gasteiger partial charge in [0.05, 0.1) is 0 Å². The molecule has 2 fully saturated rings. The van der Waals surface area contributed by atoms with Crippen molar-refractivity contribution in [1.82, 2.24) is 9.88 Å². The van der Waals surface area contributed by atoms with Crippen LogP contribution in [0.25, 0.3) is 0 Å². The zero-order valence-corrected chi connectivity index (χ0v) is 12.8. The van der Waals surface area contributed by atoms with E-state index in [1.165, 1.54) is 44.2 Å². The summed E-state index contributed by atoms with van der Waals surface area (Å²) in [7, 11) is 0. The summed E-state index contributed by atoms with van der Waals surface area (Å²) < 4.78 is 5.85. The summed E-state index contributed by atoms with van der Waals surface area (Å²) in [5.41, 5.74) is 1.44. The van der Waals surface area contributed by atoms with Gasteiger partial charge in [0, 0.05) is 24.5 Å². The molecule has 4 rings (SSSR count). The maximum absolute atomic E-state index is 5.85. The third-order valence-corrected chi connectivity index (χ3v) is 5.00. The highest BCUT2D eigenvalue weighted by molar-refractivity contribution is 5.33. The molecular weight excluding hydrogens is 272 g/mol. The monoisotopic (exact) mass is 294 g/mol. The van der Waals surface area contributed by atoms with Crippen molar-refractivity contribution in [3.63, 3.8) is 0 Å². The first-order chi connectivity index (χ1) is 10.9. The smallest absolute Gasteiger partial charge is 0.130 e. The number of rotatable bonds is 3. The van der Waals surface area contributed by atoms with Crippen molar-refractivity contribution < 1.29 is 4.74 Å². The first-order valence-electron chi connectivity index (χ1n) is 8.34. The van der Waals surface area contributed by atoms with Crippen molar-refractivity contribution in [2.24, 2.45) is 0 Å². The van der Waals surface area contributed by atoms with Crippen LogP contribution in [0.4, 0.5) is 0 Å². The number of hydrogen-bond donors (Lipinski definition) is 0. The molecule has 0 bridgehead atoms. The maximum Gasteiger partial charge on any atom is 0.130 e. The van der Waals surface area contributed by atoms with E-state index in [1.807, 2.05) is 12.1 Å². The van der Waals surface area contributed by atoms with Gasteiger partial charge in [-0.1, -0.05) is 18.6 Å². The van der Waals surface area contributed by atoms with Crippen molar-refractivity contribution in [2.45, 2.75) is 44.2 Å². The molecule has 2 aromatic rings. The molecule has 0 unspecified atom stereocenters. The van der Waals surface area contributed by atoms with E-state index in [1.54, 1.807) is 12.4 Å². The summed E-state index contributed by atoms with van der Waals surface area (Å²) in [5.74, 6) is 1.72. The van der Waals surface area contributed by atoms with E-state index in [9.17, 15) is 0 Å². The molecule has 0 aliphatic carbocycles. The Hall–Kier alpha value is -1.87. The summed E-state index contributed by atoms with van der Waals surface area (Å²) in [4.78, 5) is 6.73. The van der Waals surface area contributed by atoms with E-state index in [0.717, 1.165) is 17.5 Å². The second kappa shape index (κ2) is 6.09. The second-order valence-electron chi connectivity index (χ2n) is 6.33. The van der Waals surface area contributed by atoms with Crippen molar-refractivity contribution >= 4 is 0 Å². The molecule has 0 amide bonds. The first-order valence-corrected chi connectivity index (χ1v) is 8.34. The van der Waals surface area contributed by atoms with Gasteiger partial charge in [-0.15, -0.1) is 0 Å². The average molecular weight is 294 g/mol. The molecule has 0 radical (unpaired) electrons. The third kappa shape index (κ3) is 2.73. The Balaban J connectivity index is 1.48. The largest absolute Gasteiger partial charge is 0.457 e. The van der Waals surface area contributed by atoms with Crippen LogP contribution in [0.3, 0.4) is 0 Å². The SMILES string of the molecule is c1cc(Oc2ccc([C@@H]3CC[C@H]4CCCCN43)cc2)ccn1. The predicted molar refractivity (Wildman–Crippen MR) is 87.1 cm³/mol. The van der Waals surface area contributed by atoms with Crippen molar-refractivity contribution in [3.8, 4) is 11.5 Å². The minimum Gasteiger partial charge on any atom is -0.457 e. The molecule has 0 N–H and O–H groups in total. The summed E-state index contributed by atoms with van der Waals surface area (Å²) in [5, 5.41) is 0. The van der Waals surface area contributed by atoms with Crippen LogP contribution in [0.2, 0.25) is 0 Å². The van der Waals surface area contributed by atoms with Crippen molar-refractivity contribution in [2.75, 3.05) is 6.54 Å². The fraction of sp³-hybridized carbons (Fsp3) is 0.421. The molecule has 3 nitrogen and oxygen atoms in total. The normalized spacial score (nSPS) is 24.9. The highest BCUT2D eigenvalue weighted by Gasteiger charge is 2.35. The number of hydrogen-bond acceptors (Lipinski definition) is 3. The van der Waals surface area contributed by atoms with Crippen molar-refractivity contribution in [3.05, 3.63) is 54.4 Å². The van der Waals surface area contributed by atoms with E-state index < -0.39 is 0 Å². The van der Waals surface area contributed by atoms with E-state index in [-0.39, 0.29) is 0 Å². The number of aromatic nitrogens is 1. The Morgan fingerprint density at radius 2 is 1.64 bits per heavy atom. The quantitative estimate of drug-likeness (QED) is 0.829. The summed E-state index contributed by atoms with van der Waals surface area (Å²) in [6.45, 7) is 1.27. The Labute approximate surface area is 131 Å². The zero-order valence-electron chi connectivity index (χ0n) is 12.8. The van der Waals surface area contributed by atoms with E-state index in [2.05, 4.69) is 34.1 Å². The number of piperidine rings is 1. The van der Waals surface area contributed by atoms with E-state index >= 15 is 0 Å². The molecule has 2 atom stereocenters. The van der Waals surface area contributed by atoms with Crippen molar-refractivity contribution in [1.29, 1.82) is 0 Å². The molecule has 114 valence electrons. The Morgan fingerprint density at radius 3 is 2.45 bits per heavy atom. The number of ether oxygens (including phenoxy) is 1. The van der Waals surface area contributed by atoms with E-state index in [0.29, 0.717) is 6.04 Å². The topological polar surface area (TPSA) is 25.4 Å². The van der Waals surface area contributed by atoms with Crippen LogP contribution < -0.4 is 4.74 Å². The molecular formula is C19H22N2O. The highest BCUT2D eigenvalue weighted by atomic mass is 16.5. The number of nitrogens with zero attached hydrogens (tertiary/aromatic N) is 2. The molecule has 2 aliphatic rings. The van der Waals surface area contributed by atoms with Gasteiger partial charge < -0.3 is 4.74 Å². The minimum absolute atomic E-state index is 0.611. The molecule has 2 saturated heterocycles. The maximum atomic E-state index is 5.85. The van der Waals surface area contributed by atoms with Gasteiger partial charge in [0.1, 0.15) is 11.5 Å². The molecule has 0 saturated carbocycles. The Morgan fingerprint density at radius 1 is 0.864 bits per heavy atom. The fourth-order valence-corrected chi connectivity index (χ4v) is 3.92. The van der Waals surface area contributed by atoms with Gasteiger partial charge in [-0.2, -0.15) is 0 Å². The van der Waals surface area contributed by atoms with Crippen LogP contribution >= 0.6 is 0 Å².